The second-order valence-electron chi connectivity index (χ2n) is 3.79. The van der Waals surface area contributed by atoms with E-state index in [1.807, 2.05) is 0 Å². The molecule has 1 heterocycles. The van der Waals surface area contributed by atoms with Crippen molar-refractivity contribution in [1.82, 2.24) is 4.98 Å². The molecule has 0 saturated heterocycles. The Balaban J connectivity index is 3.78. The predicted octanol–water partition coefficient (Wildman–Crippen LogP) is -0.0771. The number of rotatable bonds is 4. The first-order valence-corrected chi connectivity index (χ1v) is 5.80. The molecule has 0 atom stereocenters. The van der Waals surface area contributed by atoms with E-state index in [4.69, 9.17) is 4.74 Å². The molecule has 0 aliphatic rings. The van der Waals surface area contributed by atoms with Crippen LogP contribution in [0.15, 0.2) is 23.6 Å². The van der Waals surface area contributed by atoms with Gasteiger partial charge in [-0.05, 0) is 13.0 Å². The Hall–Kier alpha value is -2.70. The number of allylic oxidation sites excluding steroid dienone is 1. The largest absolute Gasteiger partial charge is 0.462 e. The van der Waals surface area contributed by atoms with Crippen molar-refractivity contribution in [1.29, 1.82) is 0 Å². The monoisotopic (exact) mass is 278 g/mol. The average molecular weight is 278 g/mol. The van der Waals surface area contributed by atoms with Crippen LogP contribution in [0.2, 0.25) is 0 Å². The smallest absolute Gasteiger partial charge is 0.343 e. The zero-order chi connectivity index (χ0) is 15.3. The standard InChI is InChI=1S/C13H14N2O5/c1-4-6-9-11(8(3)15(18)19)14-7-10(12(9)16)13(17)20-5-2/h4,6-7,14H,1,5H2,2-3H3/b9-6+,11-8-. The summed E-state index contributed by atoms with van der Waals surface area (Å²) in [7, 11) is 0. The van der Waals surface area contributed by atoms with Crippen LogP contribution in [-0.4, -0.2) is 22.5 Å². The zero-order valence-corrected chi connectivity index (χ0v) is 11.1. The summed E-state index contributed by atoms with van der Waals surface area (Å²) in [6.45, 7) is 6.45. The number of ether oxygens (including phenoxy) is 1. The Morgan fingerprint density at radius 3 is 2.75 bits per heavy atom. The first kappa shape index (κ1) is 15.4. The van der Waals surface area contributed by atoms with E-state index in [-0.39, 0.29) is 28.4 Å². The molecular formula is C13H14N2O5. The summed E-state index contributed by atoms with van der Waals surface area (Å²) in [5, 5.41) is 10.8. The highest BCUT2D eigenvalue weighted by Crippen LogP contribution is 1.92. The first-order valence-electron chi connectivity index (χ1n) is 5.80. The van der Waals surface area contributed by atoms with Crippen molar-refractivity contribution < 1.29 is 14.5 Å². The Morgan fingerprint density at radius 1 is 1.60 bits per heavy atom. The first-order chi connectivity index (χ1) is 9.43. The van der Waals surface area contributed by atoms with Gasteiger partial charge in [0.05, 0.1) is 16.7 Å². The molecule has 106 valence electrons. The van der Waals surface area contributed by atoms with Gasteiger partial charge in [-0.3, -0.25) is 14.9 Å². The number of nitro groups is 1. The normalized spacial score (nSPS) is 12.8. The van der Waals surface area contributed by atoms with E-state index in [2.05, 4.69) is 11.6 Å². The third-order valence-corrected chi connectivity index (χ3v) is 2.53. The molecule has 0 spiro atoms. The van der Waals surface area contributed by atoms with Crippen LogP contribution in [0.3, 0.4) is 0 Å². The maximum absolute atomic E-state index is 12.2. The number of nitrogens with zero attached hydrogens (tertiary/aromatic N) is 1. The Bertz CT molecular complexity index is 730. The number of hydrogen-bond donors (Lipinski definition) is 1. The third kappa shape index (κ3) is 3.00. The second kappa shape index (κ2) is 6.46. The van der Waals surface area contributed by atoms with Crippen molar-refractivity contribution in [3.05, 3.63) is 55.3 Å². The lowest BCUT2D eigenvalue weighted by Crippen LogP contribution is -2.45. The summed E-state index contributed by atoms with van der Waals surface area (Å²) in [6.07, 6.45) is 3.74. The van der Waals surface area contributed by atoms with Gasteiger partial charge in [0.2, 0.25) is 5.43 Å². The average Bonchev–Trinajstić information content (AvgIpc) is 2.40. The molecule has 1 aromatic heterocycles. The molecule has 0 aliphatic carbocycles. The van der Waals surface area contributed by atoms with E-state index in [9.17, 15) is 19.7 Å². The van der Waals surface area contributed by atoms with Gasteiger partial charge in [0, 0.05) is 13.1 Å². The number of carbonyl (C=O) groups is 1. The van der Waals surface area contributed by atoms with Gasteiger partial charge >= 0.3 is 5.97 Å². The third-order valence-electron chi connectivity index (χ3n) is 2.53. The molecule has 0 aliphatic heterocycles. The molecule has 1 N–H and O–H groups in total. The van der Waals surface area contributed by atoms with E-state index in [1.165, 1.54) is 19.1 Å². The number of esters is 1. The minimum absolute atomic E-state index is 0.000229. The number of hydrogen-bond acceptors (Lipinski definition) is 5. The molecule has 0 radical (unpaired) electrons. The van der Waals surface area contributed by atoms with Crippen LogP contribution in [0, 0.1) is 10.1 Å². The molecular weight excluding hydrogens is 264 g/mol. The van der Waals surface area contributed by atoms with Gasteiger partial charge in [-0.15, -0.1) is 0 Å². The van der Waals surface area contributed by atoms with Gasteiger partial charge in [-0.1, -0.05) is 12.7 Å². The molecule has 0 bridgehead atoms. The maximum atomic E-state index is 12.2. The lowest BCUT2D eigenvalue weighted by atomic mass is 10.2. The minimum Gasteiger partial charge on any atom is -0.462 e. The van der Waals surface area contributed by atoms with Crippen molar-refractivity contribution in [3.63, 3.8) is 0 Å². The van der Waals surface area contributed by atoms with E-state index in [1.54, 1.807) is 6.92 Å². The summed E-state index contributed by atoms with van der Waals surface area (Å²) in [5.41, 5.74) is -1.08. The van der Waals surface area contributed by atoms with Crippen LogP contribution in [0.5, 0.6) is 0 Å². The Labute approximate surface area is 114 Å². The molecule has 20 heavy (non-hydrogen) atoms. The van der Waals surface area contributed by atoms with Gasteiger partial charge in [0.1, 0.15) is 10.9 Å². The van der Waals surface area contributed by atoms with Crippen molar-refractivity contribution >= 4 is 17.7 Å². The lowest BCUT2D eigenvalue weighted by Gasteiger charge is -2.01. The predicted molar refractivity (Wildman–Crippen MR) is 73.0 cm³/mol. The molecule has 1 aromatic rings. The summed E-state index contributed by atoms with van der Waals surface area (Å²) < 4.78 is 4.75. The van der Waals surface area contributed by atoms with Crippen molar-refractivity contribution in [2.24, 2.45) is 0 Å². The highest BCUT2D eigenvalue weighted by molar-refractivity contribution is 5.88. The molecule has 7 heteroatoms. The topological polar surface area (TPSA) is 102 Å². The van der Waals surface area contributed by atoms with E-state index >= 15 is 0 Å². The quantitative estimate of drug-likeness (QED) is 0.471. The second-order valence-corrected chi connectivity index (χ2v) is 3.79. The fourth-order valence-corrected chi connectivity index (χ4v) is 1.57. The van der Waals surface area contributed by atoms with Crippen LogP contribution < -0.4 is 16.0 Å². The van der Waals surface area contributed by atoms with Crippen LogP contribution in [0.1, 0.15) is 24.2 Å². The van der Waals surface area contributed by atoms with Crippen molar-refractivity contribution in [3.8, 4) is 0 Å². The fourth-order valence-electron chi connectivity index (χ4n) is 1.57. The Kier molecular flexibility index (Phi) is 4.96. The molecule has 0 fully saturated rings. The number of nitrogens with one attached hydrogen (secondary N) is 1. The van der Waals surface area contributed by atoms with E-state index in [0.29, 0.717) is 0 Å². The van der Waals surface area contributed by atoms with Gasteiger partial charge in [-0.2, -0.15) is 0 Å². The minimum atomic E-state index is -0.780. The van der Waals surface area contributed by atoms with E-state index in [0.717, 1.165) is 6.20 Å². The Morgan fingerprint density at radius 2 is 2.25 bits per heavy atom. The van der Waals surface area contributed by atoms with Crippen LogP contribution in [0.4, 0.5) is 0 Å². The summed E-state index contributed by atoms with van der Waals surface area (Å²) in [6, 6.07) is 0. The maximum Gasteiger partial charge on any atom is 0.343 e. The summed E-state index contributed by atoms with van der Waals surface area (Å²) in [4.78, 5) is 36.6. The molecule has 0 unspecified atom stereocenters. The number of H-pyrrole nitrogens is 1. The fraction of sp³-hybridized carbons (Fsp3) is 0.231. The van der Waals surface area contributed by atoms with Gasteiger partial charge in [0.15, 0.2) is 0 Å². The molecule has 0 amide bonds. The highest BCUT2D eigenvalue weighted by Gasteiger charge is 2.15. The molecule has 0 saturated carbocycles. The lowest BCUT2D eigenvalue weighted by molar-refractivity contribution is -0.379. The molecule has 1 rings (SSSR count). The van der Waals surface area contributed by atoms with Gasteiger partial charge in [0.25, 0.3) is 5.70 Å². The number of aromatic amines is 1. The highest BCUT2D eigenvalue weighted by atomic mass is 16.6. The van der Waals surface area contributed by atoms with Crippen LogP contribution in [0.25, 0.3) is 11.8 Å². The van der Waals surface area contributed by atoms with Crippen molar-refractivity contribution in [2.75, 3.05) is 6.61 Å². The van der Waals surface area contributed by atoms with Crippen LogP contribution in [-0.2, 0) is 4.74 Å². The van der Waals surface area contributed by atoms with E-state index < -0.39 is 16.3 Å². The molecule has 0 aromatic carbocycles. The summed E-state index contributed by atoms with van der Waals surface area (Å²) in [5.74, 6) is -0.780. The van der Waals surface area contributed by atoms with Gasteiger partial charge < -0.3 is 9.72 Å². The SMILES string of the molecule is C=C/C=c1/c(=O)c(C(=O)OCC)c[nH]/c1=C(/C)[N+](=O)[O-]. The number of pyridine rings is 1. The van der Waals surface area contributed by atoms with Crippen molar-refractivity contribution in [2.45, 2.75) is 13.8 Å². The summed E-state index contributed by atoms with van der Waals surface area (Å²) >= 11 is 0. The molecule has 7 nitrogen and oxygen atoms in total. The zero-order valence-electron chi connectivity index (χ0n) is 11.1. The number of aromatic nitrogens is 1. The number of carbonyl (C=O) groups excluding carboxylic acids is 1. The van der Waals surface area contributed by atoms with Gasteiger partial charge in [-0.25, -0.2) is 4.79 Å². The van der Waals surface area contributed by atoms with Crippen LogP contribution >= 0.6 is 0 Å².